The molecule has 1 unspecified atom stereocenters. The van der Waals surface area contributed by atoms with Gasteiger partial charge in [0.2, 0.25) is 0 Å². The molecule has 0 aromatic heterocycles. The minimum atomic E-state index is 0.243. The van der Waals surface area contributed by atoms with Crippen molar-refractivity contribution in [3.8, 4) is 5.75 Å². The number of methoxy groups -OCH3 is 1. The molecule has 106 valence electrons. The maximum absolute atomic E-state index is 6.19. The lowest BCUT2D eigenvalue weighted by atomic mass is 10.2. The number of nitrogens with one attached hydrogen (secondary N) is 1. The van der Waals surface area contributed by atoms with Crippen LogP contribution in [0.1, 0.15) is 5.56 Å². The van der Waals surface area contributed by atoms with E-state index in [1.54, 1.807) is 7.11 Å². The van der Waals surface area contributed by atoms with Crippen LogP contribution in [0.25, 0.3) is 0 Å². The molecule has 1 heterocycles. The van der Waals surface area contributed by atoms with Crippen molar-refractivity contribution in [2.75, 3.05) is 40.4 Å². The molecule has 0 saturated carbocycles. The molecule has 0 bridgehead atoms. The van der Waals surface area contributed by atoms with Gasteiger partial charge >= 0.3 is 0 Å². The van der Waals surface area contributed by atoms with Gasteiger partial charge in [-0.3, -0.25) is 0 Å². The van der Waals surface area contributed by atoms with Crippen molar-refractivity contribution in [1.82, 2.24) is 10.2 Å². The van der Waals surface area contributed by atoms with E-state index in [0.717, 1.165) is 42.6 Å². The molecule has 1 aliphatic rings. The van der Waals surface area contributed by atoms with Crippen LogP contribution in [0, 0.1) is 0 Å². The van der Waals surface area contributed by atoms with Crippen LogP contribution in [0.3, 0.4) is 0 Å². The quantitative estimate of drug-likeness (QED) is 0.894. The van der Waals surface area contributed by atoms with Gasteiger partial charge in [-0.1, -0.05) is 17.7 Å². The highest BCUT2D eigenvalue weighted by atomic mass is 35.5. The molecule has 1 atom stereocenters. The van der Waals surface area contributed by atoms with Crippen LogP contribution in [0.2, 0.25) is 5.02 Å². The number of hydrogen-bond donors (Lipinski definition) is 1. The summed E-state index contributed by atoms with van der Waals surface area (Å²) in [4.78, 5) is 2.28. The van der Waals surface area contributed by atoms with Gasteiger partial charge in [-0.2, -0.15) is 0 Å². The molecule has 1 aromatic carbocycles. The number of morpholine rings is 1. The highest BCUT2D eigenvalue weighted by Crippen LogP contribution is 2.25. The minimum absolute atomic E-state index is 0.243. The van der Waals surface area contributed by atoms with Crippen LogP contribution in [-0.4, -0.2) is 51.4 Å². The van der Waals surface area contributed by atoms with Gasteiger partial charge in [-0.15, -0.1) is 0 Å². The molecule has 1 aromatic rings. The van der Waals surface area contributed by atoms with Gasteiger partial charge in [0.25, 0.3) is 0 Å². The third-order valence-corrected chi connectivity index (χ3v) is 3.67. The van der Waals surface area contributed by atoms with Crippen LogP contribution in [-0.2, 0) is 11.3 Å². The van der Waals surface area contributed by atoms with Crippen LogP contribution >= 0.6 is 11.6 Å². The number of rotatable bonds is 5. The first kappa shape index (κ1) is 14.6. The lowest BCUT2D eigenvalue weighted by Crippen LogP contribution is -2.44. The Morgan fingerprint density at radius 2 is 2.37 bits per heavy atom. The first-order chi connectivity index (χ1) is 9.20. The van der Waals surface area contributed by atoms with E-state index >= 15 is 0 Å². The molecular formula is C14H21ClN2O2. The van der Waals surface area contributed by atoms with E-state index in [4.69, 9.17) is 21.1 Å². The van der Waals surface area contributed by atoms with Crippen LogP contribution in [0.5, 0.6) is 5.75 Å². The minimum Gasteiger partial charge on any atom is -0.496 e. The number of halogens is 1. The van der Waals surface area contributed by atoms with E-state index in [-0.39, 0.29) is 6.10 Å². The number of hydrogen-bond acceptors (Lipinski definition) is 4. The summed E-state index contributed by atoms with van der Waals surface area (Å²) in [7, 11) is 3.78. The van der Waals surface area contributed by atoms with Crippen molar-refractivity contribution < 1.29 is 9.47 Å². The fraction of sp³-hybridized carbons (Fsp3) is 0.571. The maximum atomic E-state index is 6.19. The fourth-order valence-corrected chi connectivity index (χ4v) is 2.48. The molecule has 1 N–H and O–H groups in total. The predicted molar refractivity (Wildman–Crippen MR) is 76.9 cm³/mol. The summed E-state index contributed by atoms with van der Waals surface area (Å²) >= 11 is 6.19. The smallest absolute Gasteiger partial charge is 0.124 e. The second-order valence-electron chi connectivity index (χ2n) is 4.81. The van der Waals surface area contributed by atoms with Gasteiger partial charge in [0.1, 0.15) is 5.75 Å². The summed E-state index contributed by atoms with van der Waals surface area (Å²) in [5.74, 6) is 0.821. The second kappa shape index (κ2) is 7.10. The van der Waals surface area contributed by atoms with Crippen molar-refractivity contribution in [3.63, 3.8) is 0 Å². The Bertz CT molecular complexity index is 414. The average molecular weight is 285 g/mol. The highest BCUT2D eigenvalue weighted by molar-refractivity contribution is 6.31. The molecule has 1 saturated heterocycles. The molecule has 19 heavy (non-hydrogen) atoms. The molecule has 0 aliphatic carbocycles. The Kier molecular flexibility index (Phi) is 5.45. The third-order valence-electron chi connectivity index (χ3n) is 3.31. The van der Waals surface area contributed by atoms with E-state index in [1.807, 2.05) is 18.2 Å². The van der Waals surface area contributed by atoms with E-state index < -0.39 is 0 Å². The lowest BCUT2D eigenvalue weighted by molar-refractivity contribution is -0.0182. The third kappa shape index (κ3) is 4.08. The summed E-state index contributed by atoms with van der Waals surface area (Å²) in [5.41, 5.74) is 0.996. The monoisotopic (exact) mass is 284 g/mol. The standard InChI is InChI=1S/C14H21ClN2O2/c1-17-6-7-19-11(10-17)8-16-9-12-13(15)4-3-5-14(12)18-2/h3-5,11,16H,6-10H2,1-2H3. The van der Waals surface area contributed by atoms with Gasteiger partial charge in [-0.25, -0.2) is 0 Å². The summed E-state index contributed by atoms with van der Waals surface area (Å²) < 4.78 is 11.0. The molecule has 0 spiro atoms. The Labute approximate surface area is 119 Å². The fourth-order valence-electron chi connectivity index (χ4n) is 2.25. The van der Waals surface area contributed by atoms with Crippen LogP contribution < -0.4 is 10.1 Å². The number of benzene rings is 1. The molecule has 4 nitrogen and oxygen atoms in total. The molecule has 0 amide bonds. The Balaban J connectivity index is 1.85. The summed E-state index contributed by atoms with van der Waals surface area (Å²) in [5, 5.41) is 4.12. The first-order valence-corrected chi connectivity index (χ1v) is 6.90. The van der Waals surface area contributed by atoms with Crippen molar-refractivity contribution in [1.29, 1.82) is 0 Å². The predicted octanol–water partition coefficient (Wildman–Crippen LogP) is 1.77. The van der Waals surface area contributed by atoms with Crippen molar-refractivity contribution in [2.24, 2.45) is 0 Å². The van der Waals surface area contributed by atoms with Crippen LogP contribution in [0.4, 0.5) is 0 Å². The Hall–Kier alpha value is -0.810. The van der Waals surface area contributed by atoms with E-state index in [0.29, 0.717) is 6.54 Å². The normalized spacial score (nSPS) is 20.5. The first-order valence-electron chi connectivity index (χ1n) is 6.53. The zero-order valence-corrected chi connectivity index (χ0v) is 12.2. The van der Waals surface area contributed by atoms with Gasteiger partial charge in [0, 0.05) is 36.8 Å². The van der Waals surface area contributed by atoms with Crippen LogP contribution in [0.15, 0.2) is 18.2 Å². The van der Waals surface area contributed by atoms with E-state index in [2.05, 4.69) is 17.3 Å². The van der Waals surface area contributed by atoms with Gasteiger partial charge in [0.15, 0.2) is 0 Å². The lowest BCUT2D eigenvalue weighted by Gasteiger charge is -2.30. The number of ether oxygens (including phenoxy) is 2. The van der Waals surface area contributed by atoms with Crippen molar-refractivity contribution >= 4 is 11.6 Å². The second-order valence-corrected chi connectivity index (χ2v) is 5.21. The molecule has 1 fully saturated rings. The zero-order valence-electron chi connectivity index (χ0n) is 11.5. The van der Waals surface area contributed by atoms with E-state index in [1.165, 1.54) is 0 Å². The SMILES string of the molecule is COc1cccc(Cl)c1CNCC1CN(C)CCO1. The Morgan fingerprint density at radius 1 is 1.53 bits per heavy atom. The molecule has 5 heteroatoms. The average Bonchev–Trinajstić information content (AvgIpc) is 2.40. The summed E-state index contributed by atoms with van der Waals surface area (Å²) in [6.07, 6.45) is 0.243. The maximum Gasteiger partial charge on any atom is 0.124 e. The molecule has 2 rings (SSSR count). The Morgan fingerprint density at radius 3 is 3.11 bits per heavy atom. The topological polar surface area (TPSA) is 33.7 Å². The zero-order chi connectivity index (χ0) is 13.7. The van der Waals surface area contributed by atoms with Gasteiger partial charge in [-0.05, 0) is 19.2 Å². The molecule has 1 aliphatic heterocycles. The van der Waals surface area contributed by atoms with E-state index in [9.17, 15) is 0 Å². The number of likely N-dealkylation sites (N-methyl/N-ethyl adjacent to an activating group) is 1. The molecule has 0 radical (unpaired) electrons. The summed E-state index contributed by atoms with van der Waals surface area (Å²) in [6, 6.07) is 5.70. The van der Waals surface area contributed by atoms with Crippen molar-refractivity contribution in [2.45, 2.75) is 12.6 Å². The van der Waals surface area contributed by atoms with Crippen molar-refractivity contribution in [3.05, 3.63) is 28.8 Å². The van der Waals surface area contributed by atoms with Gasteiger partial charge in [0.05, 0.1) is 19.8 Å². The van der Waals surface area contributed by atoms with Gasteiger partial charge < -0.3 is 19.7 Å². The number of nitrogens with zero attached hydrogens (tertiary/aromatic N) is 1. The largest absolute Gasteiger partial charge is 0.496 e. The summed E-state index contributed by atoms with van der Waals surface area (Å²) in [6.45, 7) is 4.28. The molecular weight excluding hydrogens is 264 g/mol. The highest BCUT2D eigenvalue weighted by Gasteiger charge is 2.17.